The lowest BCUT2D eigenvalue weighted by Crippen LogP contribution is -2.48. The van der Waals surface area contributed by atoms with Gasteiger partial charge in [0.2, 0.25) is 10.0 Å². The Labute approximate surface area is 173 Å². The van der Waals surface area contributed by atoms with Crippen molar-refractivity contribution in [3.8, 4) is 11.1 Å². The first-order chi connectivity index (χ1) is 14.3. The van der Waals surface area contributed by atoms with Gasteiger partial charge in [-0.15, -0.1) is 0 Å². The molecule has 1 aliphatic rings. The van der Waals surface area contributed by atoms with Crippen LogP contribution in [0.1, 0.15) is 20.3 Å². The van der Waals surface area contributed by atoms with Crippen LogP contribution in [0.2, 0.25) is 0 Å². The number of carbonyl (C=O) groups is 1. The van der Waals surface area contributed by atoms with E-state index >= 15 is 0 Å². The van der Waals surface area contributed by atoms with Crippen LogP contribution < -0.4 is 15.4 Å². The lowest BCUT2D eigenvalue weighted by atomic mass is 10.0. The van der Waals surface area contributed by atoms with E-state index in [0.717, 1.165) is 21.7 Å². The summed E-state index contributed by atoms with van der Waals surface area (Å²) < 4.78 is 33.8. The van der Waals surface area contributed by atoms with Crippen molar-refractivity contribution in [3.63, 3.8) is 0 Å². The number of pyridine rings is 1. The Bertz CT molecular complexity index is 1330. The first-order valence-corrected chi connectivity index (χ1v) is 11.2. The molecule has 0 fully saturated rings. The Balaban J connectivity index is 1.72. The number of rotatable bonds is 6. The van der Waals surface area contributed by atoms with Crippen molar-refractivity contribution in [1.29, 1.82) is 0 Å². The van der Waals surface area contributed by atoms with E-state index in [4.69, 9.17) is 4.42 Å². The molecule has 0 spiro atoms. The van der Waals surface area contributed by atoms with E-state index in [1.54, 1.807) is 32.3 Å². The molecule has 0 amide bonds. The third kappa shape index (κ3) is 3.76. The lowest BCUT2D eigenvalue weighted by molar-refractivity contribution is -0.140. The van der Waals surface area contributed by atoms with E-state index in [1.807, 2.05) is 36.4 Å². The fourth-order valence-electron chi connectivity index (χ4n) is 3.61. The average Bonchev–Trinajstić information content (AvgIpc) is 3.09. The molecule has 156 valence electrons. The third-order valence-electron chi connectivity index (χ3n) is 5.26. The van der Waals surface area contributed by atoms with Gasteiger partial charge in [-0.1, -0.05) is 32.1 Å². The number of aromatic nitrogens is 1. The van der Waals surface area contributed by atoms with E-state index in [-0.39, 0.29) is 12.3 Å². The average molecular weight is 426 g/mol. The van der Waals surface area contributed by atoms with Crippen molar-refractivity contribution in [2.24, 2.45) is 5.92 Å². The minimum Gasteiger partial charge on any atom is -0.480 e. The minimum absolute atomic E-state index is 0.235. The number of sulfonamides is 1. The van der Waals surface area contributed by atoms with Crippen LogP contribution in [0.25, 0.3) is 34.2 Å². The van der Waals surface area contributed by atoms with E-state index in [9.17, 15) is 18.3 Å². The van der Waals surface area contributed by atoms with Gasteiger partial charge in [0.15, 0.2) is 0 Å². The number of hydrogen-bond donors (Lipinski definition) is 2. The molecule has 0 bridgehead atoms. The quantitative estimate of drug-likeness (QED) is 0.623. The van der Waals surface area contributed by atoms with Gasteiger partial charge in [-0.2, -0.15) is 0 Å². The maximum absolute atomic E-state index is 12.8. The fourth-order valence-corrected chi connectivity index (χ4v) is 5.16. The van der Waals surface area contributed by atoms with Crippen LogP contribution in [0.4, 0.5) is 0 Å². The van der Waals surface area contributed by atoms with E-state index < -0.39 is 27.3 Å². The van der Waals surface area contributed by atoms with Gasteiger partial charge in [-0.05, 0) is 42.2 Å². The maximum atomic E-state index is 12.8. The van der Waals surface area contributed by atoms with Gasteiger partial charge in [0.25, 0.3) is 0 Å². The molecule has 7 nitrogen and oxygen atoms in total. The molecule has 0 radical (unpaired) electrons. The number of hydrogen-bond acceptors (Lipinski definition) is 5. The van der Waals surface area contributed by atoms with Crippen molar-refractivity contribution in [2.75, 3.05) is 0 Å². The van der Waals surface area contributed by atoms with Gasteiger partial charge in [0.05, 0.1) is 0 Å². The topological polar surface area (TPSA) is 110 Å². The highest BCUT2D eigenvalue weighted by molar-refractivity contribution is 7.90. The van der Waals surface area contributed by atoms with Crippen molar-refractivity contribution in [3.05, 3.63) is 53.4 Å². The van der Waals surface area contributed by atoms with Crippen molar-refractivity contribution >= 4 is 39.1 Å². The number of aliphatic carboxylic acids is 1. The van der Waals surface area contributed by atoms with Gasteiger partial charge >= 0.3 is 5.97 Å². The molecule has 2 atom stereocenters. The van der Waals surface area contributed by atoms with Crippen LogP contribution in [0.15, 0.2) is 47.1 Å². The largest absolute Gasteiger partial charge is 0.480 e. The van der Waals surface area contributed by atoms with Gasteiger partial charge in [0, 0.05) is 28.6 Å². The van der Waals surface area contributed by atoms with Crippen LogP contribution in [-0.4, -0.2) is 35.8 Å². The highest BCUT2D eigenvalue weighted by Crippen LogP contribution is 2.23. The van der Waals surface area contributed by atoms with Crippen molar-refractivity contribution in [1.82, 2.24) is 9.71 Å². The van der Waals surface area contributed by atoms with Crippen LogP contribution >= 0.6 is 0 Å². The molecule has 0 saturated carbocycles. The number of carboxylic acids is 1. The Kier molecular flexibility index (Phi) is 5.21. The predicted molar refractivity (Wildman–Crippen MR) is 114 cm³/mol. The standard InChI is InChI=1S/C22H22N2O5S/c1-13(2)21(22(25)26)24-30(27,28)16-6-7-17-18-10-14(15-4-3-9-23-12-15)5-8-19(18)29-20(17)11-16/h3-5,7-13,16,21,24H,6H2,1-2H3,(H,25,26)/t16?,21-/m0/s1. The number of fused-ring (bicyclic) bond motifs is 3. The van der Waals surface area contributed by atoms with Gasteiger partial charge in [0.1, 0.15) is 22.3 Å². The molecule has 2 heterocycles. The molecule has 0 saturated heterocycles. The molecule has 1 aromatic carbocycles. The molecule has 8 heteroatoms. The number of furan rings is 1. The minimum atomic E-state index is -3.89. The second-order valence-corrected chi connectivity index (χ2v) is 9.63. The van der Waals surface area contributed by atoms with Gasteiger partial charge in [-0.25, -0.2) is 13.1 Å². The summed E-state index contributed by atoms with van der Waals surface area (Å²) in [5, 5.41) is 10.2. The van der Waals surface area contributed by atoms with Crippen LogP contribution in [-0.2, 0) is 14.8 Å². The normalized spacial score (nSPS) is 17.2. The number of carboxylic acid groups (broad SMARTS) is 1. The first-order valence-electron chi connectivity index (χ1n) is 9.65. The molecule has 2 aromatic heterocycles. The number of nitrogens with one attached hydrogen (secondary N) is 1. The van der Waals surface area contributed by atoms with Crippen molar-refractivity contribution < 1.29 is 22.7 Å². The van der Waals surface area contributed by atoms with Crippen LogP contribution in [0, 0.1) is 5.92 Å². The number of nitrogens with zero attached hydrogens (tertiary/aromatic N) is 1. The summed E-state index contributed by atoms with van der Waals surface area (Å²) in [4.78, 5) is 15.5. The van der Waals surface area contributed by atoms with E-state index in [0.29, 0.717) is 11.0 Å². The molecule has 2 N–H and O–H groups in total. The molecule has 3 aromatic rings. The summed E-state index contributed by atoms with van der Waals surface area (Å²) in [5.41, 5.74) is 3.11. The Morgan fingerprint density at radius 3 is 2.73 bits per heavy atom. The maximum Gasteiger partial charge on any atom is 0.321 e. The summed E-state index contributed by atoms with van der Waals surface area (Å²) in [6.45, 7) is 3.32. The summed E-state index contributed by atoms with van der Waals surface area (Å²) in [5.74, 6) is -1.57. The molecule has 4 rings (SSSR count). The lowest BCUT2D eigenvalue weighted by Gasteiger charge is -2.21. The zero-order chi connectivity index (χ0) is 21.5. The predicted octanol–water partition coefficient (Wildman–Crippen LogP) is 1.86. The fraction of sp³-hybridized carbons (Fsp3) is 0.273. The SMILES string of the molecule is CC(C)[C@H](NS(=O)(=O)C1C=c2oc3ccc(-c4cccnc4)cc3c2=CC1)C(=O)O. The molecule has 1 unspecified atom stereocenters. The van der Waals surface area contributed by atoms with Gasteiger partial charge < -0.3 is 9.52 Å². The highest BCUT2D eigenvalue weighted by atomic mass is 32.2. The van der Waals surface area contributed by atoms with Crippen molar-refractivity contribution in [2.45, 2.75) is 31.6 Å². The zero-order valence-electron chi connectivity index (χ0n) is 16.6. The Morgan fingerprint density at radius 1 is 1.27 bits per heavy atom. The molecular formula is C22H22N2O5S. The number of benzene rings is 1. The molecule has 30 heavy (non-hydrogen) atoms. The zero-order valence-corrected chi connectivity index (χ0v) is 17.4. The monoisotopic (exact) mass is 426 g/mol. The second kappa shape index (κ2) is 7.70. The summed E-state index contributed by atoms with van der Waals surface area (Å²) in [6, 6.07) is 8.46. The van der Waals surface area contributed by atoms with Crippen LogP contribution in [0.3, 0.4) is 0 Å². The molecular weight excluding hydrogens is 404 g/mol. The van der Waals surface area contributed by atoms with E-state index in [2.05, 4.69) is 9.71 Å². The molecule has 0 aliphatic heterocycles. The highest BCUT2D eigenvalue weighted by Gasteiger charge is 2.32. The molecule has 1 aliphatic carbocycles. The summed E-state index contributed by atoms with van der Waals surface area (Å²) in [6.07, 6.45) is 7.13. The Hall–Kier alpha value is -2.97. The van der Waals surface area contributed by atoms with Gasteiger partial charge in [-0.3, -0.25) is 9.78 Å². The first kappa shape index (κ1) is 20.3. The Morgan fingerprint density at radius 2 is 2.07 bits per heavy atom. The summed E-state index contributed by atoms with van der Waals surface area (Å²) >= 11 is 0. The smallest absolute Gasteiger partial charge is 0.321 e. The third-order valence-corrected chi connectivity index (χ3v) is 6.97. The second-order valence-electron chi connectivity index (χ2n) is 7.70. The van der Waals surface area contributed by atoms with Crippen LogP contribution in [0.5, 0.6) is 0 Å². The summed E-state index contributed by atoms with van der Waals surface area (Å²) in [7, 11) is -3.89. The van der Waals surface area contributed by atoms with E-state index in [1.165, 1.54) is 0 Å².